The first kappa shape index (κ1) is 33.1. The Labute approximate surface area is 220 Å². The molecule has 0 unspecified atom stereocenters. The van der Waals surface area contributed by atoms with Gasteiger partial charge in [-0.2, -0.15) is 21.6 Å². The van der Waals surface area contributed by atoms with E-state index in [2.05, 4.69) is 8.92 Å². The van der Waals surface area contributed by atoms with Gasteiger partial charge in [-0.1, -0.05) is 6.08 Å². The van der Waals surface area contributed by atoms with Gasteiger partial charge >= 0.3 is 33.8 Å². The quantitative estimate of drug-likeness (QED) is 0.212. The van der Waals surface area contributed by atoms with E-state index in [-0.39, 0.29) is 37.3 Å². The van der Waals surface area contributed by atoms with Crippen LogP contribution in [0.3, 0.4) is 0 Å². The fraction of sp³-hybridized carbons (Fsp3) is 0.696. The molecule has 0 fully saturated rings. The van der Waals surface area contributed by atoms with Gasteiger partial charge in [-0.25, -0.2) is 14.4 Å². The van der Waals surface area contributed by atoms with E-state index in [0.29, 0.717) is 25.1 Å². The maximum absolute atomic E-state index is 12.2. The van der Waals surface area contributed by atoms with Crippen molar-refractivity contribution in [2.75, 3.05) is 33.3 Å². The van der Waals surface area contributed by atoms with Crippen LogP contribution in [0.4, 0.5) is 22.8 Å². The summed E-state index contributed by atoms with van der Waals surface area (Å²) in [5, 5.41) is 0. The zero-order valence-corrected chi connectivity index (χ0v) is 23.3. The molecular weight excluding hydrogens is 537 g/mol. The Hall–Kier alpha value is -2.97. The third-order valence-electron chi connectivity index (χ3n) is 4.63. The Morgan fingerprint density at radius 2 is 1.26 bits per heavy atom. The lowest BCUT2D eigenvalue weighted by atomic mass is 10.1. The van der Waals surface area contributed by atoms with Crippen molar-refractivity contribution in [3.8, 4) is 0 Å². The van der Waals surface area contributed by atoms with Crippen molar-refractivity contribution in [1.82, 2.24) is 9.80 Å². The number of hydrogen-bond donors (Lipinski definition) is 0. The third kappa shape index (κ3) is 11.2. The van der Waals surface area contributed by atoms with Gasteiger partial charge in [0.05, 0.1) is 7.11 Å². The summed E-state index contributed by atoms with van der Waals surface area (Å²) >= 11 is 0. The highest BCUT2D eigenvalue weighted by Gasteiger charge is 2.49. The van der Waals surface area contributed by atoms with E-state index >= 15 is 0 Å². The molecule has 0 aromatic rings. The predicted octanol–water partition coefficient (Wildman–Crippen LogP) is 4.10. The second-order valence-corrected chi connectivity index (χ2v) is 11.8. The molecule has 218 valence electrons. The lowest BCUT2D eigenvalue weighted by Crippen LogP contribution is -2.39. The van der Waals surface area contributed by atoms with E-state index in [1.54, 1.807) is 31.7 Å². The summed E-state index contributed by atoms with van der Waals surface area (Å²) in [6, 6.07) is 0. The van der Waals surface area contributed by atoms with Gasteiger partial charge in [0.15, 0.2) is 0 Å². The molecule has 2 heterocycles. The molecule has 2 rings (SSSR count). The van der Waals surface area contributed by atoms with Crippen LogP contribution in [0.25, 0.3) is 0 Å². The van der Waals surface area contributed by atoms with Crippen LogP contribution in [-0.4, -0.2) is 86.4 Å². The topological polar surface area (TPSA) is 129 Å². The molecule has 0 aromatic carbocycles. The first-order chi connectivity index (χ1) is 17.1. The molecule has 2 aliphatic rings. The van der Waals surface area contributed by atoms with Crippen molar-refractivity contribution in [2.45, 2.75) is 71.1 Å². The van der Waals surface area contributed by atoms with Crippen LogP contribution in [0, 0.1) is 0 Å². The number of carbonyl (C=O) groups excluding carboxylic acids is 3. The number of alkyl halides is 3. The summed E-state index contributed by atoms with van der Waals surface area (Å²) in [6.45, 7) is 11.3. The van der Waals surface area contributed by atoms with Crippen LogP contribution < -0.4 is 0 Å². The molecule has 2 amide bonds. The summed E-state index contributed by atoms with van der Waals surface area (Å²) in [6.07, 6.45) is 2.20. The fourth-order valence-corrected chi connectivity index (χ4v) is 3.41. The number of methoxy groups -OCH3 is 1. The highest BCUT2D eigenvalue weighted by Crippen LogP contribution is 2.28. The minimum Gasteiger partial charge on any atom is -0.466 e. The molecular formula is C23H35F3N2O9S. The van der Waals surface area contributed by atoms with Gasteiger partial charge in [-0.3, -0.25) is 0 Å². The second-order valence-electron chi connectivity index (χ2n) is 10.2. The summed E-state index contributed by atoms with van der Waals surface area (Å²) < 4.78 is 77.1. The van der Waals surface area contributed by atoms with E-state index in [1.165, 1.54) is 12.0 Å². The molecule has 0 spiro atoms. The lowest BCUT2D eigenvalue weighted by molar-refractivity contribution is -0.136. The van der Waals surface area contributed by atoms with Crippen LogP contribution in [0.2, 0.25) is 0 Å². The van der Waals surface area contributed by atoms with E-state index in [4.69, 9.17) is 9.47 Å². The van der Waals surface area contributed by atoms with Crippen molar-refractivity contribution in [3.63, 3.8) is 0 Å². The number of rotatable bonds is 3. The summed E-state index contributed by atoms with van der Waals surface area (Å²) in [4.78, 5) is 37.5. The van der Waals surface area contributed by atoms with Crippen LogP contribution in [0.1, 0.15) is 54.4 Å². The number of carbonyl (C=O) groups is 3. The molecule has 11 nitrogen and oxygen atoms in total. The number of halogens is 3. The van der Waals surface area contributed by atoms with Crippen molar-refractivity contribution < 1.29 is 54.4 Å². The molecule has 0 atom stereocenters. The predicted molar refractivity (Wildman–Crippen MR) is 129 cm³/mol. The van der Waals surface area contributed by atoms with Gasteiger partial charge in [0.25, 0.3) is 0 Å². The average molecular weight is 573 g/mol. The van der Waals surface area contributed by atoms with E-state index in [9.17, 15) is 36.0 Å². The first-order valence-corrected chi connectivity index (χ1v) is 13.0. The first-order valence-electron chi connectivity index (χ1n) is 11.6. The molecule has 0 saturated carbocycles. The van der Waals surface area contributed by atoms with Crippen LogP contribution >= 0.6 is 0 Å². The number of nitrogens with zero attached hydrogens (tertiary/aromatic N) is 2. The monoisotopic (exact) mass is 572 g/mol. The Morgan fingerprint density at radius 3 is 1.58 bits per heavy atom. The van der Waals surface area contributed by atoms with Gasteiger partial charge < -0.3 is 28.2 Å². The highest BCUT2D eigenvalue weighted by atomic mass is 32.2. The number of amides is 2. The average Bonchev–Trinajstić information content (AvgIpc) is 2.76. The number of hydrogen-bond acceptors (Lipinski definition) is 9. The standard InChI is InChI=1S/C12H19NO4.C11H16F3NO5S/c1-12(2,3)17-11(15)13-7-5-9(6-8-13)10(14)16-4;1-10(2,3)19-9(16)15-6-4-8(5-7-15)20-21(17,18)11(12,13)14/h5H,6-8H2,1-4H3;4H,5-7H2,1-3H3. The van der Waals surface area contributed by atoms with Crippen LogP contribution in [0.15, 0.2) is 23.5 Å². The smallest absolute Gasteiger partial charge is 0.466 e. The largest absolute Gasteiger partial charge is 0.534 e. The van der Waals surface area contributed by atoms with Crippen molar-refractivity contribution >= 4 is 28.3 Å². The van der Waals surface area contributed by atoms with Crippen molar-refractivity contribution in [3.05, 3.63) is 23.5 Å². The van der Waals surface area contributed by atoms with E-state index in [1.807, 2.05) is 20.8 Å². The number of ether oxygens (including phenoxy) is 3. The SMILES string of the molecule is CC(C)(C)OC(=O)N1CC=C(OS(=O)(=O)C(F)(F)F)CC1.COC(=O)C1=CCN(C(=O)OC(C)(C)C)CC1. The second kappa shape index (κ2) is 12.7. The molecule has 0 aromatic heterocycles. The maximum atomic E-state index is 12.2. The fourth-order valence-electron chi connectivity index (χ4n) is 2.88. The Morgan fingerprint density at radius 1 is 0.816 bits per heavy atom. The molecule has 0 saturated heterocycles. The Kier molecular flexibility index (Phi) is 11.1. The molecule has 0 radical (unpaired) electrons. The molecule has 15 heteroatoms. The van der Waals surface area contributed by atoms with Crippen LogP contribution in [0.5, 0.6) is 0 Å². The number of esters is 1. The van der Waals surface area contributed by atoms with Crippen LogP contribution in [-0.2, 0) is 33.3 Å². The van der Waals surface area contributed by atoms with Gasteiger partial charge in [0.1, 0.15) is 17.0 Å². The van der Waals surface area contributed by atoms with Gasteiger partial charge in [-0.15, -0.1) is 0 Å². The minimum atomic E-state index is -5.67. The molecule has 2 aliphatic heterocycles. The molecule has 0 N–H and O–H groups in total. The van der Waals surface area contributed by atoms with Gasteiger partial charge in [-0.05, 0) is 54.0 Å². The lowest BCUT2D eigenvalue weighted by Gasteiger charge is -2.29. The summed E-state index contributed by atoms with van der Waals surface area (Å²) in [5.41, 5.74) is -6.05. The van der Waals surface area contributed by atoms with Crippen molar-refractivity contribution in [2.24, 2.45) is 0 Å². The normalized spacial score (nSPS) is 16.8. The maximum Gasteiger partial charge on any atom is 0.534 e. The highest BCUT2D eigenvalue weighted by molar-refractivity contribution is 7.87. The molecule has 0 bridgehead atoms. The zero-order valence-electron chi connectivity index (χ0n) is 22.5. The summed E-state index contributed by atoms with van der Waals surface area (Å²) in [7, 11) is -4.32. The third-order valence-corrected chi connectivity index (χ3v) is 5.63. The summed E-state index contributed by atoms with van der Waals surface area (Å²) in [5.74, 6) is -0.666. The Balaban J connectivity index is 0.000000389. The zero-order chi connectivity index (χ0) is 29.5. The minimum absolute atomic E-state index is 0.00806. The Bertz CT molecular complexity index is 1040. The van der Waals surface area contributed by atoms with E-state index in [0.717, 1.165) is 6.08 Å². The van der Waals surface area contributed by atoms with Gasteiger partial charge in [0.2, 0.25) is 0 Å². The molecule has 0 aliphatic carbocycles. The molecule has 38 heavy (non-hydrogen) atoms. The van der Waals surface area contributed by atoms with Crippen molar-refractivity contribution in [1.29, 1.82) is 0 Å². The van der Waals surface area contributed by atoms with E-state index < -0.39 is 32.9 Å². The van der Waals surface area contributed by atoms with Gasteiger partial charge in [0, 0.05) is 38.2 Å².